The Hall–Kier alpha value is -2.90. The van der Waals surface area contributed by atoms with Gasteiger partial charge < -0.3 is 24.8 Å². The normalized spacial score (nSPS) is 15.7. The summed E-state index contributed by atoms with van der Waals surface area (Å²) in [6.45, 7) is 4.01. The van der Waals surface area contributed by atoms with Crippen LogP contribution in [0, 0.1) is 0 Å². The maximum atomic E-state index is 12.8. The van der Waals surface area contributed by atoms with Gasteiger partial charge in [-0.3, -0.25) is 0 Å². The third-order valence-corrected chi connectivity index (χ3v) is 5.57. The van der Waals surface area contributed by atoms with Crippen molar-refractivity contribution in [3.05, 3.63) is 68.8 Å². The molecule has 0 aliphatic carbocycles. The fraction of sp³-hybridized carbons (Fsp3) is 0.304. The molecule has 2 aromatic carbocycles. The number of methoxy groups -OCH3 is 1. The Balaban J connectivity index is 2.00. The Bertz CT molecular complexity index is 1050. The number of benzene rings is 2. The number of ether oxygens (including phenoxy) is 3. The summed E-state index contributed by atoms with van der Waals surface area (Å²) in [6, 6.07) is 9.25. The molecule has 3 rings (SSSR count). The Morgan fingerprint density at radius 2 is 1.94 bits per heavy atom. The highest BCUT2D eigenvalue weighted by molar-refractivity contribution is 6.42. The van der Waals surface area contributed by atoms with Gasteiger partial charge in [-0.1, -0.05) is 48.3 Å². The average Bonchev–Trinajstić information content (AvgIpc) is 2.77. The van der Waals surface area contributed by atoms with Crippen LogP contribution in [0.15, 0.2) is 47.7 Å². The van der Waals surface area contributed by atoms with Crippen molar-refractivity contribution < 1.29 is 23.8 Å². The van der Waals surface area contributed by atoms with Crippen LogP contribution in [0.4, 0.5) is 4.79 Å². The lowest BCUT2D eigenvalue weighted by Gasteiger charge is -2.29. The van der Waals surface area contributed by atoms with E-state index in [0.29, 0.717) is 44.8 Å². The van der Waals surface area contributed by atoms with Crippen molar-refractivity contribution in [2.24, 2.45) is 0 Å². The summed E-state index contributed by atoms with van der Waals surface area (Å²) >= 11 is 12.1. The average molecular weight is 479 g/mol. The monoisotopic (exact) mass is 478 g/mol. The van der Waals surface area contributed by atoms with Crippen LogP contribution < -0.4 is 20.1 Å². The molecule has 1 aliphatic rings. The van der Waals surface area contributed by atoms with Crippen LogP contribution in [0.1, 0.15) is 37.4 Å². The number of esters is 1. The number of urea groups is 1. The van der Waals surface area contributed by atoms with Gasteiger partial charge in [-0.25, -0.2) is 9.59 Å². The second kappa shape index (κ2) is 10.6. The highest BCUT2D eigenvalue weighted by Gasteiger charge is 2.34. The maximum absolute atomic E-state index is 12.8. The Kier molecular flexibility index (Phi) is 7.88. The standard InChI is InChI=1S/C23H24Cl2N2O5/c1-4-10-31-22(28)19-13(2)26-23(29)27-20(19)15-6-5-7-18(30-3)21(15)32-12-14-8-9-16(24)17(25)11-14/h5-9,11,20H,4,10,12H2,1-3H3,(H2,26,27,29). The lowest BCUT2D eigenvalue weighted by atomic mass is 9.94. The minimum absolute atomic E-state index is 0.168. The van der Waals surface area contributed by atoms with E-state index in [-0.39, 0.29) is 13.2 Å². The van der Waals surface area contributed by atoms with Crippen LogP contribution in [-0.2, 0) is 16.1 Å². The number of amides is 2. The highest BCUT2D eigenvalue weighted by atomic mass is 35.5. The molecule has 1 unspecified atom stereocenters. The van der Waals surface area contributed by atoms with Crippen molar-refractivity contribution in [3.63, 3.8) is 0 Å². The zero-order valence-electron chi connectivity index (χ0n) is 18.0. The Morgan fingerprint density at radius 3 is 2.62 bits per heavy atom. The van der Waals surface area contributed by atoms with Crippen LogP contribution in [-0.4, -0.2) is 25.7 Å². The smallest absolute Gasteiger partial charge is 0.338 e. The lowest BCUT2D eigenvalue weighted by molar-refractivity contribution is -0.139. The molecule has 2 aromatic rings. The first-order valence-electron chi connectivity index (χ1n) is 10.0. The van der Waals surface area contributed by atoms with Gasteiger partial charge in [-0.05, 0) is 37.1 Å². The zero-order valence-corrected chi connectivity index (χ0v) is 19.5. The van der Waals surface area contributed by atoms with Gasteiger partial charge in [0, 0.05) is 11.3 Å². The third-order valence-electron chi connectivity index (χ3n) is 4.83. The van der Waals surface area contributed by atoms with E-state index >= 15 is 0 Å². The van der Waals surface area contributed by atoms with Crippen LogP contribution in [0.3, 0.4) is 0 Å². The molecule has 7 nitrogen and oxygen atoms in total. The maximum Gasteiger partial charge on any atom is 0.338 e. The molecule has 0 fully saturated rings. The molecule has 1 heterocycles. The SMILES string of the molecule is CCCOC(=O)C1=C(C)NC(=O)NC1c1cccc(OC)c1OCc1ccc(Cl)c(Cl)c1. The molecule has 32 heavy (non-hydrogen) atoms. The minimum atomic E-state index is -0.785. The molecule has 2 N–H and O–H groups in total. The van der Waals surface area contributed by atoms with Crippen LogP contribution in [0.2, 0.25) is 10.0 Å². The fourth-order valence-corrected chi connectivity index (χ4v) is 3.65. The van der Waals surface area contributed by atoms with E-state index in [4.69, 9.17) is 37.4 Å². The summed E-state index contributed by atoms with van der Waals surface area (Å²) in [4.78, 5) is 25.0. The molecule has 0 bridgehead atoms. The quantitative estimate of drug-likeness (QED) is 0.511. The number of hydrogen-bond donors (Lipinski definition) is 2. The first-order valence-corrected chi connectivity index (χ1v) is 10.8. The third kappa shape index (κ3) is 5.29. The second-order valence-electron chi connectivity index (χ2n) is 7.12. The molecule has 0 saturated heterocycles. The van der Waals surface area contributed by atoms with Gasteiger partial charge in [0.2, 0.25) is 0 Å². The number of nitrogens with one attached hydrogen (secondary N) is 2. The number of rotatable bonds is 8. The summed E-state index contributed by atoms with van der Waals surface area (Å²) in [7, 11) is 1.52. The van der Waals surface area contributed by atoms with Crippen LogP contribution >= 0.6 is 23.2 Å². The number of para-hydroxylation sites is 1. The van der Waals surface area contributed by atoms with Crippen molar-refractivity contribution in [1.82, 2.24) is 10.6 Å². The number of hydrogen-bond acceptors (Lipinski definition) is 5. The minimum Gasteiger partial charge on any atom is -0.493 e. The second-order valence-corrected chi connectivity index (χ2v) is 7.94. The van der Waals surface area contributed by atoms with E-state index < -0.39 is 18.0 Å². The molecule has 170 valence electrons. The van der Waals surface area contributed by atoms with Gasteiger partial charge >= 0.3 is 12.0 Å². The van der Waals surface area contributed by atoms with Crippen molar-refractivity contribution in [2.75, 3.05) is 13.7 Å². The summed E-state index contributed by atoms with van der Waals surface area (Å²) in [6.07, 6.45) is 0.680. The van der Waals surface area contributed by atoms with E-state index in [1.54, 1.807) is 43.3 Å². The largest absolute Gasteiger partial charge is 0.493 e. The summed E-state index contributed by atoms with van der Waals surface area (Å²) in [5.74, 6) is 0.330. The number of carbonyl (C=O) groups excluding carboxylic acids is 2. The first kappa shape index (κ1) is 23.8. The molecule has 1 aliphatic heterocycles. The van der Waals surface area contributed by atoms with E-state index in [2.05, 4.69) is 10.6 Å². The molecule has 2 amide bonds. The van der Waals surface area contributed by atoms with Crippen molar-refractivity contribution in [2.45, 2.75) is 32.9 Å². The Morgan fingerprint density at radius 1 is 1.16 bits per heavy atom. The molecule has 0 saturated carbocycles. The predicted molar refractivity (Wildman–Crippen MR) is 122 cm³/mol. The van der Waals surface area contributed by atoms with Gasteiger partial charge in [0.15, 0.2) is 11.5 Å². The molecular formula is C23H24Cl2N2O5. The predicted octanol–water partition coefficient (Wildman–Crippen LogP) is 5.16. The summed E-state index contributed by atoms with van der Waals surface area (Å²) in [5.41, 5.74) is 2.06. The topological polar surface area (TPSA) is 85.9 Å². The van der Waals surface area contributed by atoms with Gasteiger partial charge in [0.25, 0.3) is 0 Å². The molecule has 0 radical (unpaired) electrons. The van der Waals surface area contributed by atoms with E-state index in [1.807, 2.05) is 6.92 Å². The van der Waals surface area contributed by atoms with Gasteiger partial charge in [0.05, 0.1) is 35.4 Å². The van der Waals surface area contributed by atoms with E-state index in [9.17, 15) is 9.59 Å². The molecule has 1 atom stereocenters. The number of carbonyl (C=O) groups is 2. The van der Waals surface area contributed by atoms with Gasteiger partial charge in [-0.2, -0.15) is 0 Å². The van der Waals surface area contributed by atoms with E-state index in [1.165, 1.54) is 7.11 Å². The molecule has 9 heteroatoms. The highest BCUT2D eigenvalue weighted by Crippen LogP contribution is 2.40. The van der Waals surface area contributed by atoms with E-state index in [0.717, 1.165) is 5.56 Å². The first-order chi connectivity index (χ1) is 15.3. The van der Waals surface area contributed by atoms with Crippen LogP contribution in [0.25, 0.3) is 0 Å². The summed E-state index contributed by atoms with van der Waals surface area (Å²) < 4.78 is 16.9. The zero-order chi connectivity index (χ0) is 23.3. The molecule has 0 aromatic heterocycles. The van der Waals surface area contributed by atoms with Crippen molar-refractivity contribution in [1.29, 1.82) is 0 Å². The lowest BCUT2D eigenvalue weighted by Crippen LogP contribution is -2.45. The number of halogens is 2. The van der Waals surface area contributed by atoms with Gasteiger partial charge in [0.1, 0.15) is 6.61 Å². The Labute approximate surface area is 196 Å². The molecular weight excluding hydrogens is 455 g/mol. The van der Waals surface area contributed by atoms with Crippen LogP contribution in [0.5, 0.6) is 11.5 Å². The number of allylic oxidation sites excluding steroid dienone is 1. The summed E-state index contributed by atoms with van der Waals surface area (Å²) in [5, 5.41) is 6.29. The fourth-order valence-electron chi connectivity index (χ4n) is 3.33. The molecule has 0 spiro atoms. The van der Waals surface area contributed by atoms with Crippen molar-refractivity contribution in [3.8, 4) is 11.5 Å². The van der Waals surface area contributed by atoms with Crippen molar-refractivity contribution >= 4 is 35.2 Å². The van der Waals surface area contributed by atoms with Gasteiger partial charge in [-0.15, -0.1) is 0 Å².